The Hall–Kier alpha value is -2.56. The minimum atomic E-state index is 0.408. The number of hydrogen-bond donors (Lipinski definition) is 1. The van der Waals surface area contributed by atoms with Crippen LogP contribution in [-0.2, 0) is 20.8 Å². The molecule has 0 amide bonds. The number of rotatable bonds is 14. The lowest BCUT2D eigenvalue weighted by molar-refractivity contribution is -0.0139. The SMILES string of the molecule is CCCCOC1=CC(NCCOCc2ccccc2)=C(OCCCC)CC1=[N+]=[N-]. The van der Waals surface area contributed by atoms with Crippen LogP contribution in [0.2, 0.25) is 0 Å². The van der Waals surface area contributed by atoms with Crippen LogP contribution < -0.4 is 5.32 Å². The molecular formula is C23H33N3O3. The van der Waals surface area contributed by atoms with Gasteiger partial charge in [0.05, 0.1) is 32.1 Å². The van der Waals surface area contributed by atoms with Crippen molar-refractivity contribution < 1.29 is 19.0 Å². The fourth-order valence-electron chi connectivity index (χ4n) is 2.81. The largest absolute Gasteiger partial charge is 0.495 e. The molecule has 2 rings (SSSR count). The Morgan fingerprint density at radius 3 is 2.41 bits per heavy atom. The summed E-state index contributed by atoms with van der Waals surface area (Å²) in [5.74, 6) is 1.37. The molecule has 1 aromatic rings. The molecule has 1 aromatic carbocycles. The molecule has 0 atom stereocenters. The quantitative estimate of drug-likeness (QED) is 0.282. The van der Waals surface area contributed by atoms with E-state index >= 15 is 0 Å². The van der Waals surface area contributed by atoms with Crippen LogP contribution >= 0.6 is 0 Å². The Labute approximate surface area is 174 Å². The normalized spacial score (nSPS) is 13.7. The van der Waals surface area contributed by atoms with E-state index in [4.69, 9.17) is 14.2 Å². The van der Waals surface area contributed by atoms with E-state index in [1.807, 2.05) is 24.3 Å². The van der Waals surface area contributed by atoms with Crippen molar-refractivity contribution in [3.63, 3.8) is 0 Å². The first-order valence-corrected chi connectivity index (χ1v) is 10.6. The molecule has 0 bridgehead atoms. The van der Waals surface area contributed by atoms with Gasteiger partial charge in [-0.05, 0) is 18.4 Å². The third kappa shape index (κ3) is 8.14. The smallest absolute Gasteiger partial charge is 0.341 e. The molecule has 0 aromatic heterocycles. The second-order valence-electron chi connectivity index (χ2n) is 6.94. The van der Waals surface area contributed by atoms with Gasteiger partial charge < -0.3 is 25.1 Å². The molecule has 158 valence electrons. The van der Waals surface area contributed by atoms with Gasteiger partial charge in [0, 0.05) is 12.6 Å². The number of hydrogen-bond acceptors (Lipinski definition) is 4. The van der Waals surface area contributed by atoms with E-state index < -0.39 is 0 Å². The lowest BCUT2D eigenvalue weighted by Crippen LogP contribution is -2.26. The summed E-state index contributed by atoms with van der Waals surface area (Å²) in [6.45, 7) is 7.28. The predicted octanol–water partition coefficient (Wildman–Crippen LogP) is 4.60. The number of nitrogens with one attached hydrogen (secondary N) is 1. The van der Waals surface area contributed by atoms with Crippen LogP contribution in [0.5, 0.6) is 0 Å². The van der Waals surface area contributed by atoms with Crippen molar-refractivity contribution in [1.82, 2.24) is 5.32 Å². The summed E-state index contributed by atoms with van der Waals surface area (Å²) in [5.41, 5.74) is 11.9. The summed E-state index contributed by atoms with van der Waals surface area (Å²) in [4.78, 5) is 3.42. The van der Waals surface area contributed by atoms with Crippen LogP contribution in [0, 0.1) is 0 Å². The number of benzene rings is 1. The lowest BCUT2D eigenvalue weighted by Gasteiger charge is -2.20. The van der Waals surface area contributed by atoms with Gasteiger partial charge in [-0.3, -0.25) is 0 Å². The van der Waals surface area contributed by atoms with Gasteiger partial charge in [0.1, 0.15) is 12.2 Å². The van der Waals surface area contributed by atoms with E-state index in [9.17, 15) is 5.53 Å². The molecular weight excluding hydrogens is 366 g/mol. The Morgan fingerprint density at radius 1 is 1.00 bits per heavy atom. The van der Waals surface area contributed by atoms with E-state index in [0.717, 1.165) is 42.7 Å². The molecule has 0 saturated carbocycles. The van der Waals surface area contributed by atoms with Crippen molar-refractivity contribution in [2.24, 2.45) is 0 Å². The van der Waals surface area contributed by atoms with E-state index in [0.29, 0.717) is 50.9 Å². The molecule has 0 heterocycles. The minimum Gasteiger partial charge on any atom is -0.495 e. The Balaban J connectivity index is 1.95. The summed E-state index contributed by atoms with van der Waals surface area (Å²) < 4.78 is 17.5. The molecule has 0 radical (unpaired) electrons. The van der Waals surface area contributed by atoms with Crippen LogP contribution in [0.4, 0.5) is 0 Å². The summed E-state index contributed by atoms with van der Waals surface area (Å²) in [6.07, 6.45) is 6.31. The van der Waals surface area contributed by atoms with Gasteiger partial charge in [0.2, 0.25) is 5.76 Å². The number of ether oxygens (including phenoxy) is 3. The highest BCUT2D eigenvalue weighted by Crippen LogP contribution is 2.22. The molecule has 1 aliphatic rings. The molecule has 6 heteroatoms. The highest BCUT2D eigenvalue weighted by Gasteiger charge is 2.28. The number of nitrogens with zero attached hydrogens (tertiary/aromatic N) is 2. The first kappa shape index (κ1) is 22.7. The van der Waals surface area contributed by atoms with Crippen LogP contribution in [0.3, 0.4) is 0 Å². The van der Waals surface area contributed by atoms with Crippen LogP contribution in [0.1, 0.15) is 51.5 Å². The third-order valence-corrected chi connectivity index (χ3v) is 4.51. The molecule has 0 spiro atoms. The third-order valence-electron chi connectivity index (χ3n) is 4.51. The molecule has 29 heavy (non-hydrogen) atoms. The Morgan fingerprint density at radius 2 is 1.72 bits per heavy atom. The summed E-state index contributed by atoms with van der Waals surface area (Å²) in [5, 5.41) is 3.39. The summed E-state index contributed by atoms with van der Waals surface area (Å²) in [7, 11) is 0. The highest BCUT2D eigenvalue weighted by molar-refractivity contribution is 5.97. The fraction of sp³-hybridized carbons (Fsp3) is 0.522. The first-order chi connectivity index (χ1) is 14.3. The average Bonchev–Trinajstić information content (AvgIpc) is 2.75. The Bertz CT molecular complexity index is 722. The monoisotopic (exact) mass is 399 g/mol. The lowest BCUT2D eigenvalue weighted by atomic mass is 10.1. The van der Waals surface area contributed by atoms with Crippen molar-refractivity contribution in [1.29, 1.82) is 0 Å². The van der Waals surface area contributed by atoms with Crippen molar-refractivity contribution in [2.75, 3.05) is 26.4 Å². The zero-order valence-corrected chi connectivity index (χ0v) is 17.7. The molecule has 0 saturated heterocycles. The van der Waals surface area contributed by atoms with Gasteiger partial charge >= 0.3 is 5.71 Å². The molecule has 1 aliphatic carbocycles. The van der Waals surface area contributed by atoms with E-state index in [2.05, 4.69) is 36.1 Å². The minimum absolute atomic E-state index is 0.408. The van der Waals surface area contributed by atoms with E-state index in [-0.39, 0.29) is 0 Å². The van der Waals surface area contributed by atoms with E-state index in [1.165, 1.54) is 0 Å². The molecule has 0 aliphatic heterocycles. The Kier molecular flexibility index (Phi) is 10.6. The van der Waals surface area contributed by atoms with Crippen molar-refractivity contribution in [3.8, 4) is 0 Å². The van der Waals surface area contributed by atoms with E-state index in [1.54, 1.807) is 0 Å². The summed E-state index contributed by atoms with van der Waals surface area (Å²) >= 11 is 0. The maximum Gasteiger partial charge on any atom is 0.341 e. The maximum absolute atomic E-state index is 9.40. The first-order valence-electron chi connectivity index (χ1n) is 10.6. The predicted molar refractivity (Wildman–Crippen MR) is 114 cm³/mol. The zero-order chi connectivity index (χ0) is 20.7. The molecule has 0 fully saturated rings. The molecule has 0 unspecified atom stereocenters. The standard InChI is InChI=1S/C23H33N3O3/c1-3-5-13-28-22-17-21(26-24)23(29-14-6-4-2)16-20(22)25-12-15-27-18-19-10-8-7-9-11-19/h7-11,16,25H,3-6,12-15,17-18H2,1-2H3. The van der Waals surface area contributed by atoms with Gasteiger partial charge in [0.25, 0.3) is 0 Å². The number of unbranched alkanes of at least 4 members (excludes halogenated alkanes) is 2. The summed E-state index contributed by atoms with van der Waals surface area (Å²) in [6, 6.07) is 10.1. The molecule has 1 N–H and O–H groups in total. The second kappa shape index (κ2) is 13.6. The van der Waals surface area contributed by atoms with Gasteiger partial charge in [-0.2, -0.15) is 4.79 Å². The van der Waals surface area contributed by atoms with Crippen molar-refractivity contribution in [2.45, 2.75) is 52.6 Å². The highest BCUT2D eigenvalue weighted by atomic mass is 16.5. The van der Waals surface area contributed by atoms with Gasteiger partial charge in [-0.25, -0.2) is 0 Å². The van der Waals surface area contributed by atoms with Gasteiger partial charge in [0.15, 0.2) is 0 Å². The van der Waals surface area contributed by atoms with Gasteiger partial charge in [-0.15, -0.1) is 0 Å². The average molecular weight is 400 g/mol. The fourth-order valence-corrected chi connectivity index (χ4v) is 2.81. The number of allylic oxidation sites excluding steroid dienone is 3. The van der Waals surface area contributed by atoms with Crippen molar-refractivity contribution >= 4 is 5.71 Å². The van der Waals surface area contributed by atoms with Gasteiger partial charge in [-0.1, -0.05) is 57.0 Å². The topological polar surface area (TPSA) is 76.1 Å². The van der Waals surface area contributed by atoms with Crippen LogP contribution in [-0.4, -0.2) is 36.9 Å². The van der Waals surface area contributed by atoms with Crippen LogP contribution in [0.15, 0.2) is 53.6 Å². The second-order valence-corrected chi connectivity index (χ2v) is 6.94. The zero-order valence-electron chi connectivity index (χ0n) is 17.7. The van der Waals surface area contributed by atoms with Crippen molar-refractivity contribution in [3.05, 3.63) is 64.7 Å². The maximum atomic E-state index is 9.40. The van der Waals surface area contributed by atoms with Crippen LogP contribution in [0.25, 0.3) is 5.53 Å². The molecule has 6 nitrogen and oxygen atoms in total.